The lowest BCUT2D eigenvalue weighted by Gasteiger charge is -2.06. The van der Waals surface area contributed by atoms with E-state index in [1.807, 2.05) is 36.4 Å². The Morgan fingerprint density at radius 3 is 2.42 bits per heavy atom. The Morgan fingerprint density at radius 1 is 1.00 bits per heavy atom. The zero-order valence-corrected chi connectivity index (χ0v) is 10.9. The van der Waals surface area contributed by atoms with Crippen molar-refractivity contribution < 1.29 is 9.90 Å². The quantitative estimate of drug-likeness (QED) is 0.777. The van der Waals surface area contributed by atoms with E-state index in [2.05, 4.69) is 6.07 Å². The molecule has 2 aromatic carbocycles. The average molecular weight is 252 g/mol. The third-order valence-corrected chi connectivity index (χ3v) is 3.64. The van der Waals surface area contributed by atoms with E-state index in [0.29, 0.717) is 0 Å². The van der Waals surface area contributed by atoms with Crippen LogP contribution in [0.25, 0.3) is 11.1 Å². The molecule has 0 radical (unpaired) electrons. The second-order valence-corrected chi connectivity index (χ2v) is 5.14. The van der Waals surface area contributed by atoms with Gasteiger partial charge in [0.05, 0.1) is 6.10 Å². The van der Waals surface area contributed by atoms with Gasteiger partial charge < -0.3 is 5.11 Å². The molecule has 3 rings (SSSR count). The van der Waals surface area contributed by atoms with Crippen molar-refractivity contribution in [2.24, 2.45) is 0 Å². The second-order valence-electron chi connectivity index (χ2n) is 5.14. The van der Waals surface area contributed by atoms with Crippen molar-refractivity contribution in [1.82, 2.24) is 0 Å². The fourth-order valence-electron chi connectivity index (χ4n) is 2.61. The number of ketones is 1. The molecule has 1 aliphatic rings. The van der Waals surface area contributed by atoms with Crippen molar-refractivity contribution >= 4 is 5.78 Å². The van der Waals surface area contributed by atoms with E-state index in [1.165, 1.54) is 0 Å². The summed E-state index contributed by atoms with van der Waals surface area (Å²) in [5.41, 5.74) is 4.77. The minimum atomic E-state index is -0.304. The molecule has 2 nitrogen and oxygen atoms in total. The third kappa shape index (κ3) is 2.08. The van der Waals surface area contributed by atoms with Gasteiger partial charge >= 0.3 is 0 Å². The number of carbonyl (C=O) groups is 1. The summed E-state index contributed by atoms with van der Waals surface area (Å²) in [5.74, 6) is 0.115. The molecular formula is C17H16O2. The number of benzene rings is 2. The minimum Gasteiger partial charge on any atom is -0.393 e. The van der Waals surface area contributed by atoms with E-state index in [1.54, 1.807) is 6.92 Å². The Labute approximate surface area is 112 Å². The predicted octanol–water partition coefficient (Wildman–Crippen LogP) is 3.21. The largest absolute Gasteiger partial charge is 0.393 e. The van der Waals surface area contributed by atoms with E-state index in [0.717, 1.165) is 40.7 Å². The Balaban J connectivity index is 1.98. The summed E-state index contributed by atoms with van der Waals surface area (Å²) in [6.45, 7) is 1.79. The first-order valence-corrected chi connectivity index (χ1v) is 6.62. The van der Waals surface area contributed by atoms with E-state index in [4.69, 9.17) is 0 Å². The van der Waals surface area contributed by atoms with Gasteiger partial charge in [0.2, 0.25) is 0 Å². The molecule has 0 bridgehead atoms. The molecule has 0 saturated carbocycles. The first kappa shape index (κ1) is 12.1. The molecule has 0 fully saturated rings. The lowest BCUT2D eigenvalue weighted by molar-refractivity contribution is 0.104. The molecule has 96 valence electrons. The van der Waals surface area contributed by atoms with Gasteiger partial charge in [0.15, 0.2) is 5.78 Å². The number of hydrogen-bond acceptors (Lipinski definition) is 2. The number of aryl methyl sites for hydroxylation is 1. The topological polar surface area (TPSA) is 37.3 Å². The van der Waals surface area contributed by atoms with Crippen LogP contribution in [0.2, 0.25) is 0 Å². The summed E-state index contributed by atoms with van der Waals surface area (Å²) >= 11 is 0. The number of aliphatic hydroxyl groups is 1. The molecular weight excluding hydrogens is 236 g/mol. The van der Waals surface area contributed by atoms with Crippen LogP contribution in [-0.4, -0.2) is 17.0 Å². The number of fused-ring (bicyclic) bond motifs is 3. The maximum atomic E-state index is 12.3. The van der Waals surface area contributed by atoms with Gasteiger partial charge in [0, 0.05) is 11.1 Å². The molecule has 1 N–H and O–H groups in total. The van der Waals surface area contributed by atoms with Gasteiger partial charge in [-0.3, -0.25) is 4.79 Å². The van der Waals surface area contributed by atoms with Crippen LogP contribution < -0.4 is 0 Å². The van der Waals surface area contributed by atoms with Gasteiger partial charge in [-0.05, 0) is 42.5 Å². The van der Waals surface area contributed by atoms with Crippen molar-refractivity contribution in [3.63, 3.8) is 0 Å². The summed E-state index contributed by atoms with van der Waals surface area (Å²) < 4.78 is 0. The normalized spacial score (nSPS) is 14.1. The van der Waals surface area contributed by atoms with Crippen LogP contribution in [0.5, 0.6) is 0 Å². The Morgan fingerprint density at radius 2 is 1.68 bits per heavy atom. The molecule has 0 heterocycles. The van der Waals surface area contributed by atoms with Crippen molar-refractivity contribution in [1.29, 1.82) is 0 Å². The summed E-state index contributed by atoms with van der Waals surface area (Å²) in [6, 6.07) is 13.8. The molecule has 1 unspecified atom stereocenters. The van der Waals surface area contributed by atoms with Gasteiger partial charge in [-0.15, -0.1) is 0 Å². The van der Waals surface area contributed by atoms with Crippen LogP contribution in [0, 0.1) is 0 Å². The molecule has 1 aliphatic carbocycles. The standard InChI is InChI=1S/C17H16O2/c1-11(18)6-7-12-8-9-14-13-4-2-3-5-15(13)17(19)16(14)10-12/h2-5,8-11,18H,6-7H2,1H3. The van der Waals surface area contributed by atoms with Gasteiger partial charge in [-0.1, -0.05) is 36.4 Å². The smallest absolute Gasteiger partial charge is 0.194 e. The predicted molar refractivity (Wildman–Crippen MR) is 75.3 cm³/mol. The van der Waals surface area contributed by atoms with Crippen molar-refractivity contribution in [3.05, 3.63) is 59.2 Å². The zero-order chi connectivity index (χ0) is 13.4. The number of carbonyl (C=O) groups excluding carboxylic acids is 1. The summed E-state index contributed by atoms with van der Waals surface area (Å²) in [7, 11) is 0. The molecule has 0 amide bonds. The van der Waals surface area contributed by atoms with Crippen LogP contribution in [0.15, 0.2) is 42.5 Å². The average Bonchev–Trinajstić information content (AvgIpc) is 2.71. The third-order valence-electron chi connectivity index (χ3n) is 3.64. The fraction of sp³-hybridized carbons (Fsp3) is 0.235. The van der Waals surface area contributed by atoms with E-state index in [9.17, 15) is 9.90 Å². The summed E-state index contributed by atoms with van der Waals surface area (Å²) in [4.78, 5) is 12.3. The van der Waals surface area contributed by atoms with Crippen LogP contribution in [0.4, 0.5) is 0 Å². The number of rotatable bonds is 3. The Kier molecular flexibility index (Phi) is 2.96. The highest BCUT2D eigenvalue weighted by Gasteiger charge is 2.25. The fourth-order valence-corrected chi connectivity index (χ4v) is 2.61. The maximum absolute atomic E-state index is 12.3. The highest BCUT2D eigenvalue weighted by Crippen LogP contribution is 2.36. The molecule has 19 heavy (non-hydrogen) atoms. The minimum absolute atomic E-state index is 0.115. The monoisotopic (exact) mass is 252 g/mol. The summed E-state index contributed by atoms with van der Waals surface area (Å²) in [5, 5.41) is 9.33. The van der Waals surface area contributed by atoms with Crippen LogP contribution in [0.1, 0.15) is 34.8 Å². The first-order valence-electron chi connectivity index (χ1n) is 6.62. The lowest BCUT2D eigenvalue weighted by Crippen LogP contribution is -2.02. The van der Waals surface area contributed by atoms with E-state index >= 15 is 0 Å². The summed E-state index contributed by atoms with van der Waals surface area (Å²) in [6.07, 6.45) is 1.22. The zero-order valence-electron chi connectivity index (χ0n) is 10.9. The van der Waals surface area contributed by atoms with E-state index in [-0.39, 0.29) is 11.9 Å². The maximum Gasteiger partial charge on any atom is 0.194 e. The molecule has 2 aromatic rings. The first-order chi connectivity index (χ1) is 9.16. The number of hydrogen-bond donors (Lipinski definition) is 1. The molecule has 1 atom stereocenters. The SMILES string of the molecule is CC(O)CCc1ccc2c(c1)C(=O)c1ccccc1-2. The molecule has 0 aliphatic heterocycles. The van der Waals surface area contributed by atoms with E-state index < -0.39 is 0 Å². The van der Waals surface area contributed by atoms with Crippen molar-refractivity contribution in [2.45, 2.75) is 25.9 Å². The molecule has 0 saturated heterocycles. The van der Waals surface area contributed by atoms with Gasteiger partial charge in [-0.25, -0.2) is 0 Å². The van der Waals surface area contributed by atoms with Gasteiger partial charge in [0.1, 0.15) is 0 Å². The van der Waals surface area contributed by atoms with Crippen LogP contribution in [-0.2, 0) is 6.42 Å². The van der Waals surface area contributed by atoms with Crippen LogP contribution >= 0.6 is 0 Å². The Hall–Kier alpha value is -1.93. The van der Waals surface area contributed by atoms with Crippen LogP contribution in [0.3, 0.4) is 0 Å². The van der Waals surface area contributed by atoms with Gasteiger partial charge in [-0.2, -0.15) is 0 Å². The molecule has 2 heteroatoms. The number of aliphatic hydroxyl groups excluding tert-OH is 1. The van der Waals surface area contributed by atoms with Crippen molar-refractivity contribution in [3.8, 4) is 11.1 Å². The Bertz CT molecular complexity index is 641. The molecule has 0 spiro atoms. The molecule has 0 aromatic heterocycles. The van der Waals surface area contributed by atoms with Crippen molar-refractivity contribution in [2.75, 3.05) is 0 Å². The lowest BCUT2D eigenvalue weighted by atomic mass is 10.0. The van der Waals surface area contributed by atoms with Gasteiger partial charge in [0.25, 0.3) is 0 Å². The highest BCUT2D eigenvalue weighted by atomic mass is 16.3. The highest BCUT2D eigenvalue weighted by molar-refractivity contribution is 6.21. The second kappa shape index (κ2) is 4.63.